The molecule has 2 N–H and O–H groups in total. The Morgan fingerprint density at radius 2 is 1.81 bits per heavy atom. The van der Waals surface area contributed by atoms with Gasteiger partial charge in [0.25, 0.3) is 0 Å². The summed E-state index contributed by atoms with van der Waals surface area (Å²) in [6, 6.07) is 3.69. The molecular weight excluding hydrogens is 298 g/mol. The third kappa shape index (κ3) is 4.73. The zero-order valence-corrected chi connectivity index (χ0v) is 10.6. The summed E-state index contributed by atoms with van der Waals surface area (Å²) < 4.78 is 0.938. The van der Waals surface area contributed by atoms with Crippen LogP contribution in [-0.4, -0.2) is 40.1 Å². The van der Waals surface area contributed by atoms with Crippen molar-refractivity contribution in [2.24, 2.45) is 0 Å². The van der Waals surface area contributed by atoms with Gasteiger partial charge in [-0.1, -0.05) is 0 Å². The molecule has 88 valence electrons. The smallest absolute Gasteiger partial charge is 0.317 e. The third-order valence-electron chi connectivity index (χ3n) is 1.73. The lowest BCUT2D eigenvalue weighted by molar-refractivity contribution is -0.141. The highest BCUT2D eigenvalue weighted by atomic mass is 79.9. The van der Waals surface area contributed by atoms with Crippen molar-refractivity contribution in [1.82, 2.24) is 4.90 Å². The molecule has 1 aromatic heterocycles. The van der Waals surface area contributed by atoms with E-state index in [2.05, 4.69) is 15.9 Å². The van der Waals surface area contributed by atoms with Crippen molar-refractivity contribution < 1.29 is 19.8 Å². The van der Waals surface area contributed by atoms with E-state index in [0.29, 0.717) is 6.54 Å². The minimum Gasteiger partial charge on any atom is -0.480 e. The fourth-order valence-corrected chi connectivity index (χ4v) is 2.73. The van der Waals surface area contributed by atoms with Crippen molar-refractivity contribution >= 4 is 39.2 Å². The minimum absolute atomic E-state index is 0.276. The van der Waals surface area contributed by atoms with E-state index < -0.39 is 11.9 Å². The van der Waals surface area contributed by atoms with Gasteiger partial charge in [-0.15, -0.1) is 11.3 Å². The van der Waals surface area contributed by atoms with E-state index >= 15 is 0 Å². The Balaban J connectivity index is 2.62. The normalized spacial score (nSPS) is 10.6. The molecule has 0 radical (unpaired) electrons. The van der Waals surface area contributed by atoms with Gasteiger partial charge in [0.1, 0.15) is 0 Å². The van der Waals surface area contributed by atoms with Crippen LogP contribution in [0.5, 0.6) is 0 Å². The number of carbonyl (C=O) groups is 2. The van der Waals surface area contributed by atoms with E-state index in [0.717, 1.165) is 8.66 Å². The molecule has 0 aliphatic rings. The number of nitrogens with zero attached hydrogens (tertiary/aromatic N) is 1. The maximum atomic E-state index is 10.5. The largest absolute Gasteiger partial charge is 0.480 e. The maximum absolute atomic E-state index is 10.5. The Hall–Kier alpha value is -0.920. The fourth-order valence-electron chi connectivity index (χ4n) is 1.21. The Morgan fingerprint density at radius 1 is 1.25 bits per heavy atom. The first-order valence-electron chi connectivity index (χ1n) is 4.37. The zero-order valence-electron chi connectivity index (χ0n) is 8.22. The first-order chi connectivity index (χ1) is 7.47. The van der Waals surface area contributed by atoms with Crippen LogP contribution in [-0.2, 0) is 16.1 Å². The van der Waals surface area contributed by atoms with Crippen molar-refractivity contribution in [3.05, 3.63) is 20.8 Å². The molecule has 0 spiro atoms. The summed E-state index contributed by atoms with van der Waals surface area (Å²) in [5.41, 5.74) is 0. The summed E-state index contributed by atoms with van der Waals surface area (Å²) in [7, 11) is 0. The maximum Gasteiger partial charge on any atom is 0.317 e. The SMILES string of the molecule is O=C(O)CN(CC(=O)O)Cc1ccc(Br)s1. The van der Waals surface area contributed by atoms with Crippen LogP contribution in [0.15, 0.2) is 15.9 Å². The Labute approximate surface area is 104 Å². The number of hydrogen-bond donors (Lipinski definition) is 2. The molecule has 16 heavy (non-hydrogen) atoms. The first-order valence-corrected chi connectivity index (χ1v) is 5.98. The zero-order chi connectivity index (χ0) is 12.1. The fraction of sp³-hybridized carbons (Fsp3) is 0.333. The van der Waals surface area contributed by atoms with Crippen LogP contribution in [0, 0.1) is 0 Å². The van der Waals surface area contributed by atoms with Gasteiger partial charge in [0.15, 0.2) is 0 Å². The van der Waals surface area contributed by atoms with E-state index in [1.807, 2.05) is 12.1 Å². The lowest BCUT2D eigenvalue weighted by Crippen LogP contribution is -2.33. The highest BCUT2D eigenvalue weighted by molar-refractivity contribution is 9.11. The van der Waals surface area contributed by atoms with Crippen LogP contribution >= 0.6 is 27.3 Å². The number of rotatable bonds is 6. The molecule has 0 amide bonds. The van der Waals surface area contributed by atoms with Gasteiger partial charge < -0.3 is 10.2 Å². The second kappa shape index (κ2) is 5.97. The van der Waals surface area contributed by atoms with Gasteiger partial charge in [0.2, 0.25) is 0 Å². The summed E-state index contributed by atoms with van der Waals surface area (Å²) in [5.74, 6) is -2.06. The van der Waals surface area contributed by atoms with Crippen LogP contribution in [0.3, 0.4) is 0 Å². The molecule has 0 aromatic carbocycles. The Morgan fingerprint density at radius 3 is 2.19 bits per heavy atom. The van der Waals surface area contributed by atoms with Gasteiger partial charge in [0, 0.05) is 11.4 Å². The lowest BCUT2D eigenvalue weighted by atomic mass is 10.4. The van der Waals surface area contributed by atoms with Crippen molar-refractivity contribution in [3.8, 4) is 0 Å². The number of aliphatic carboxylic acids is 2. The number of halogens is 1. The number of thiophene rings is 1. The molecule has 0 saturated carbocycles. The predicted molar refractivity (Wildman–Crippen MR) is 62.6 cm³/mol. The highest BCUT2D eigenvalue weighted by Crippen LogP contribution is 2.23. The summed E-state index contributed by atoms with van der Waals surface area (Å²) in [6.45, 7) is -0.224. The van der Waals surface area contributed by atoms with Crippen molar-refractivity contribution in [2.45, 2.75) is 6.54 Å². The standard InChI is InChI=1S/C9H10BrNO4S/c10-7-2-1-6(16-7)3-11(4-8(12)13)5-9(14)15/h1-2H,3-5H2,(H,12,13)(H,14,15). The molecule has 0 aliphatic carbocycles. The average Bonchev–Trinajstić information content (AvgIpc) is 2.48. The van der Waals surface area contributed by atoms with E-state index in [1.54, 1.807) is 0 Å². The molecule has 1 heterocycles. The molecule has 0 aliphatic heterocycles. The second-order valence-corrected chi connectivity index (χ2v) is 5.69. The Bertz CT molecular complexity index is 377. The van der Waals surface area contributed by atoms with Crippen molar-refractivity contribution in [2.75, 3.05) is 13.1 Å². The van der Waals surface area contributed by atoms with Gasteiger partial charge in [-0.05, 0) is 28.1 Å². The molecule has 0 saturated heterocycles. The van der Waals surface area contributed by atoms with Gasteiger partial charge in [-0.3, -0.25) is 14.5 Å². The molecule has 5 nitrogen and oxygen atoms in total. The van der Waals surface area contributed by atoms with Crippen molar-refractivity contribution in [3.63, 3.8) is 0 Å². The van der Waals surface area contributed by atoms with E-state index in [9.17, 15) is 9.59 Å². The molecular formula is C9H10BrNO4S. The Kier molecular flexibility index (Phi) is 4.91. The van der Waals surface area contributed by atoms with Crippen LogP contribution < -0.4 is 0 Å². The number of carboxylic acids is 2. The number of carboxylic acid groups (broad SMARTS) is 2. The first kappa shape index (κ1) is 13.1. The third-order valence-corrected chi connectivity index (χ3v) is 3.33. The molecule has 0 unspecified atom stereocenters. The van der Waals surface area contributed by atoms with Gasteiger partial charge >= 0.3 is 11.9 Å². The van der Waals surface area contributed by atoms with Crippen molar-refractivity contribution in [1.29, 1.82) is 0 Å². The van der Waals surface area contributed by atoms with E-state index in [-0.39, 0.29) is 13.1 Å². The molecule has 1 aromatic rings. The minimum atomic E-state index is -1.03. The van der Waals surface area contributed by atoms with Crippen LogP contribution in [0.2, 0.25) is 0 Å². The molecule has 0 atom stereocenters. The molecule has 0 fully saturated rings. The lowest BCUT2D eigenvalue weighted by Gasteiger charge is -2.16. The van der Waals surface area contributed by atoms with E-state index in [4.69, 9.17) is 10.2 Å². The van der Waals surface area contributed by atoms with Crippen LogP contribution in [0.1, 0.15) is 4.88 Å². The second-order valence-electron chi connectivity index (χ2n) is 3.14. The quantitative estimate of drug-likeness (QED) is 0.832. The van der Waals surface area contributed by atoms with Crippen LogP contribution in [0.4, 0.5) is 0 Å². The van der Waals surface area contributed by atoms with Gasteiger partial charge in [-0.25, -0.2) is 0 Å². The molecule has 0 bridgehead atoms. The number of hydrogen-bond acceptors (Lipinski definition) is 4. The predicted octanol–water partition coefficient (Wildman–Crippen LogP) is 1.48. The summed E-state index contributed by atoms with van der Waals surface area (Å²) in [4.78, 5) is 23.4. The summed E-state index contributed by atoms with van der Waals surface area (Å²) >= 11 is 4.75. The average molecular weight is 308 g/mol. The highest BCUT2D eigenvalue weighted by Gasteiger charge is 2.14. The summed E-state index contributed by atoms with van der Waals surface area (Å²) in [5, 5.41) is 17.3. The topological polar surface area (TPSA) is 77.8 Å². The van der Waals surface area contributed by atoms with Gasteiger partial charge in [0.05, 0.1) is 16.9 Å². The van der Waals surface area contributed by atoms with Gasteiger partial charge in [-0.2, -0.15) is 0 Å². The van der Waals surface area contributed by atoms with Crippen LogP contribution in [0.25, 0.3) is 0 Å². The molecule has 1 rings (SSSR count). The summed E-state index contributed by atoms with van der Waals surface area (Å²) in [6.07, 6.45) is 0. The van der Waals surface area contributed by atoms with E-state index in [1.165, 1.54) is 16.2 Å². The monoisotopic (exact) mass is 307 g/mol. The molecule has 7 heteroatoms.